The van der Waals surface area contributed by atoms with Gasteiger partial charge in [-0.25, -0.2) is 0 Å². The number of ether oxygens (including phenoxy) is 2. The highest BCUT2D eigenvalue weighted by atomic mass is 127. The first-order valence-corrected chi connectivity index (χ1v) is 12.8. The number of aryl methyl sites for hydroxylation is 2. The molecule has 0 aromatic heterocycles. The molecule has 0 saturated carbocycles. The summed E-state index contributed by atoms with van der Waals surface area (Å²) in [5.41, 5.74) is 2.68. The van der Waals surface area contributed by atoms with Crippen molar-refractivity contribution in [1.29, 1.82) is 0 Å². The number of rotatable bonds is 12. The third kappa shape index (κ3) is 8.02. The summed E-state index contributed by atoms with van der Waals surface area (Å²) in [7, 11) is 0. The van der Waals surface area contributed by atoms with E-state index in [1.54, 1.807) is 0 Å². The molecule has 2 nitrogen and oxygen atoms in total. The lowest BCUT2D eigenvalue weighted by Gasteiger charge is -2.11. The quantitative estimate of drug-likeness (QED) is 0.328. The van der Waals surface area contributed by atoms with Gasteiger partial charge in [0.1, 0.15) is 11.5 Å². The molecule has 0 fully saturated rings. The van der Waals surface area contributed by atoms with Crippen LogP contribution in [0, 0.1) is 21.0 Å². The fourth-order valence-electron chi connectivity index (χ4n) is 3.17. The summed E-state index contributed by atoms with van der Waals surface area (Å²) in [4.78, 5) is 0. The van der Waals surface area contributed by atoms with Crippen LogP contribution in [0.5, 0.6) is 11.5 Å². The smallest absolute Gasteiger partial charge is 0.358 e. The number of unbranched alkanes of at least 4 members (excludes halogenated alkanes) is 5. The predicted molar refractivity (Wildman–Crippen MR) is 114 cm³/mol. The van der Waals surface area contributed by atoms with Crippen molar-refractivity contribution in [2.45, 2.75) is 79.2 Å². The zero-order valence-electron chi connectivity index (χ0n) is 18.2. The highest BCUT2D eigenvalue weighted by molar-refractivity contribution is 5.33. The molecule has 3 heteroatoms. The Labute approximate surface area is 182 Å². The molecule has 2 aromatic rings. The Bertz CT molecular complexity index is 684. The SMILES string of the molecule is CCCCCCCCOc1ccc([I+]c2c(C)cc(OC(C)C)cc2C)cc1. The Balaban J connectivity index is 1.85. The molecule has 0 atom stereocenters. The van der Waals surface area contributed by atoms with Crippen LogP contribution in [-0.4, -0.2) is 12.7 Å². The van der Waals surface area contributed by atoms with Crippen molar-refractivity contribution in [2.75, 3.05) is 6.61 Å². The Morgan fingerprint density at radius 2 is 1.43 bits per heavy atom. The minimum atomic E-state index is -0.198. The van der Waals surface area contributed by atoms with Gasteiger partial charge in [-0.05, 0) is 70.5 Å². The molecule has 0 unspecified atom stereocenters. The van der Waals surface area contributed by atoms with Gasteiger partial charge in [-0.2, -0.15) is 0 Å². The van der Waals surface area contributed by atoms with Gasteiger partial charge >= 0.3 is 21.2 Å². The van der Waals surface area contributed by atoms with E-state index in [4.69, 9.17) is 9.47 Å². The Kier molecular flexibility index (Phi) is 10.2. The monoisotopic (exact) mass is 495 g/mol. The Morgan fingerprint density at radius 3 is 2.04 bits per heavy atom. The van der Waals surface area contributed by atoms with Gasteiger partial charge in [0, 0.05) is 11.1 Å². The molecule has 0 spiro atoms. The van der Waals surface area contributed by atoms with Crippen molar-refractivity contribution in [3.8, 4) is 11.5 Å². The van der Waals surface area contributed by atoms with E-state index < -0.39 is 0 Å². The summed E-state index contributed by atoms with van der Waals surface area (Å²) in [6.07, 6.45) is 8.00. The van der Waals surface area contributed by atoms with Gasteiger partial charge in [0.15, 0.2) is 7.14 Å². The summed E-state index contributed by atoms with van der Waals surface area (Å²) in [6.45, 7) is 11.6. The zero-order chi connectivity index (χ0) is 20.4. The van der Waals surface area contributed by atoms with Crippen molar-refractivity contribution in [3.63, 3.8) is 0 Å². The largest absolute Gasteiger partial charge is 0.494 e. The normalized spacial score (nSPS) is 11.1. The van der Waals surface area contributed by atoms with Crippen LogP contribution in [0.1, 0.15) is 70.4 Å². The third-order valence-electron chi connectivity index (χ3n) is 4.57. The molecule has 0 heterocycles. The fourth-order valence-corrected chi connectivity index (χ4v) is 5.67. The van der Waals surface area contributed by atoms with E-state index in [2.05, 4.69) is 71.0 Å². The van der Waals surface area contributed by atoms with Gasteiger partial charge in [0.05, 0.1) is 12.7 Å². The Morgan fingerprint density at radius 1 is 0.821 bits per heavy atom. The van der Waals surface area contributed by atoms with Gasteiger partial charge in [0.25, 0.3) is 0 Å². The predicted octanol–water partition coefficient (Wildman–Crippen LogP) is 3.96. The van der Waals surface area contributed by atoms with Crippen molar-refractivity contribution in [1.82, 2.24) is 0 Å². The molecule has 2 rings (SSSR count). The fraction of sp³-hybridized carbons (Fsp3) is 0.520. The van der Waals surface area contributed by atoms with Gasteiger partial charge in [-0.1, -0.05) is 39.0 Å². The molecule has 0 amide bonds. The summed E-state index contributed by atoms with van der Waals surface area (Å²) in [6, 6.07) is 13.1. The zero-order valence-corrected chi connectivity index (χ0v) is 20.3. The minimum Gasteiger partial charge on any atom is -0.494 e. The molecule has 0 radical (unpaired) electrons. The lowest BCUT2D eigenvalue weighted by Crippen LogP contribution is -3.62. The summed E-state index contributed by atoms with van der Waals surface area (Å²) in [5.74, 6) is 1.98. The summed E-state index contributed by atoms with van der Waals surface area (Å²) in [5, 5.41) is 0. The van der Waals surface area contributed by atoms with Gasteiger partial charge in [0.2, 0.25) is 0 Å². The van der Waals surface area contributed by atoms with Crippen LogP contribution in [0.4, 0.5) is 0 Å². The molecular weight excluding hydrogens is 459 g/mol. The van der Waals surface area contributed by atoms with E-state index in [1.807, 2.05) is 0 Å². The lowest BCUT2D eigenvalue weighted by atomic mass is 10.1. The van der Waals surface area contributed by atoms with Crippen molar-refractivity contribution in [2.24, 2.45) is 0 Å². The first-order chi connectivity index (χ1) is 13.5. The number of hydrogen-bond donors (Lipinski definition) is 0. The van der Waals surface area contributed by atoms with E-state index in [9.17, 15) is 0 Å². The summed E-state index contributed by atoms with van der Waals surface area (Å²) >= 11 is -0.198. The first kappa shape index (κ1) is 23.1. The average Bonchev–Trinajstić information content (AvgIpc) is 2.64. The van der Waals surface area contributed by atoms with Crippen LogP contribution in [0.25, 0.3) is 0 Å². The minimum absolute atomic E-state index is 0.198. The van der Waals surface area contributed by atoms with Crippen LogP contribution in [0.15, 0.2) is 36.4 Å². The molecule has 28 heavy (non-hydrogen) atoms. The molecule has 2 aromatic carbocycles. The van der Waals surface area contributed by atoms with Gasteiger partial charge < -0.3 is 9.47 Å². The second-order valence-corrected chi connectivity index (χ2v) is 10.6. The van der Waals surface area contributed by atoms with Crippen LogP contribution >= 0.6 is 0 Å². The van der Waals surface area contributed by atoms with Crippen molar-refractivity contribution >= 4 is 0 Å². The van der Waals surface area contributed by atoms with Crippen LogP contribution < -0.4 is 30.7 Å². The first-order valence-electron chi connectivity index (χ1n) is 10.6. The maximum absolute atomic E-state index is 5.91. The van der Waals surface area contributed by atoms with E-state index in [1.165, 1.54) is 50.4 Å². The van der Waals surface area contributed by atoms with E-state index in [-0.39, 0.29) is 27.3 Å². The molecule has 0 N–H and O–H groups in total. The molecule has 0 aliphatic rings. The molecule has 0 aliphatic heterocycles. The summed E-state index contributed by atoms with van der Waals surface area (Å²) < 4.78 is 14.7. The number of halogens is 1. The van der Waals surface area contributed by atoms with Crippen LogP contribution in [0.3, 0.4) is 0 Å². The lowest BCUT2D eigenvalue weighted by molar-refractivity contribution is -0.598. The molecule has 154 valence electrons. The van der Waals surface area contributed by atoms with Crippen molar-refractivity contribution in [3.05, 3.63) is 54.7 Å². The van der Waals surface area contributed by atoms with E-state index in [0.29, 0.717) is 0 Å². The van der Waals surface area contributed by atoms with E-state index in [0.717, 1.165) is 24.5 Å². The highest BCUT2D eigenvalue weighted by Crippen LogP contribution is 2.18. The topological polar surface area (TPSA) is 18.5 Å². The van der Waals surface area contributed by atoms with Crippen LogP contribution in [-0.2, 0) is 0 Å². The maximum atomic E-state index is 5.91. The molecule has 0 saturated heterocycles. The standard InChI is InChI=1S/C25H36IO2/c1-6-7-8-9-10-11-16-27-23-14-12-22(13-15-23)26-25-20(4)17-24(18-21(25)5)28-19(2)3/h12-15,17-19H,6-11,16H2,1-5H3/q+1. The second-order valence-electron chi connectivity index (χ2n) is 7.70. The highest BCUT2D eigenvalue weighted by Gasteiger charge is 2.22. The number of hydrogen-bond acceptors (Lipinski definition) is 2. The third-order valence-corrected chi connectivity index (χ3v) is 8.15. The molecule has 0 aliphatic carbocycles. The number of benzene rings is 2. The maximum Gasteiger partial charge on any atom is 0.358 e. The van der Waals surface area contributed by atoms with Crippen molar-refractivity contribution < 1.29 is 30.7 Å². The van der Waals surface area contributed by atoms with Crippen LogP contribution in [0.2, 0.25) is 0 Å². The molecular formula is C25H36IO2+. The Hall–Kier alpha value is -1.23. The second kappa shape index (κ2) is 12.4. The molecule has 0 bridgehead atoms. The van der Waals surface area contributed by atoms with Gasteiger partial charge in [-0.15, -0.1) is 0 Å². The average molecular weight is 495 g/mol. The van der Waals surface area contributed by atoms with E-state index >= 15 is 0 Å². The van der Waals surface area contributed by atoms with Gasteiger partial charge in [-0.3, -0.25) is 0 Å².